The monoisotopic (exact) mass is 401 g/mol. The zero-order valence-electron chi connectivity index (χ0n) is 16.4. The fourth-order valence-corrected chi connectivity index (χ4v) is 3.94. The molecule has 1 saturated heterocycles. The predicted octanol–water partition coefficient (Wildman–Crippen LogP) is 2.89. The Bertz CT molecular complexity index is 934. The van der Waals surface area contributed by atoms with Crippen LogP contribution in [0.15, 0.2) is 42.5 Å². The lowest BCUT2D eigenvalue weighted by molar-refractivity contribution is 0.0951. The highest BCUT2D eigenvalue weighted by Gasteiger charge is 2.12. The van der Waals surface area contributed by atoms with Crippen molar-refractivity contribution in [2.75, 3.05) is 24.1 Å². The Morgan fingerprint density at radius 1 is 1.04 bits per heavy atom. The zero-order chi connectivity index (χ0) is 20.1. The van der Waals surface area contributed by atoms with Gasteiger partial charge >= 0.3 is 0 Å². The van der Waals surface area contributed by atoms with Gasteiger partial charge in [-0.1, -0.05) is 30.3 Å². The van der Waals surface area contributed by atoms with Crippen molar-refractivity contribution in [2.24, 2.45) is 0 Å². The van der Waals surface area contributed by atoms with Crippen molar-refractivity contribution in [3.8, 4) is 0 Å². The van der Waals surface area contributed by atoms with E-state index in [2.05, 4.69) is 27.1 Å². The molecule has 2 aromatic rings. The Morgan fingerprint density at radius 2 is 1.68 bits per heavy atom. The fraction of sp³-hybridized carbons (Fsp3) is 0.381. The summed E-state index contributed by atoms with van der Waals surface area (Å²) in [7, 11) is -3.40. The van der Waals surface area contributed by atoms with Gasteiger partial charge in [-0.05, 0) is 61.7 Å². The Balaban J connectivity index is 1.58. The number of hydrogen-bond donors (Lipinski definition) is 2. The van der Waals surface area contributed by atoms with E-state index in [0.717, 1.165) is 23.9 Å². The van der Waals surface area contributed by atoms with Crippen LogP contribution in [0.4, 0.5) is 5.69 Å². The number of hydrogen-bond acceptors (Lipinski definition) is 4. The fourth-order valence-electron chi connectivity index (χ4n) is 3.32. The van der Waals surface area contributed by atoms with Crippen LogP contribution in [0.2, 0.25) is 0 Å². The number of nitrogens with zero attached hydrogens (tertiary/aromatic N) is 1. The minimum Gasteiger partial charge on any atom is -0.348 e. The van der Waals surface area contributed by atoms with Gasteiger partial charge in [0.2, 0.25) is 10.0 Å². The standard InChI is InChI=1S/C21H27N3O3S/c1-16-5-10-19(13-20(16)23-28(2,26)27)21(25)22-14-17-6-8-18(9-7-17)15-24-11-3-4-12-24/h5-10,13,23H,3-4,11-12,14-15H2,1-2H3,(H,22,25). The third-order valence-corrected chi connectivity index (χ3v) is 5.47. The molecule has 1 aliphatic heterocycles. The smallest absolute Gasteiger partial charge is 0.251 e. The SMILES string of the molecule is Cc1ccc(C(=O)NCc2ccc(CN3CCCC3)cc2)cc1NS(C)(=O)=O. The number of carbonyl (C=O) groups excluding carboxylic acids is 1. The summed E-state index contributed by atoms with van der Waals surface area (Å²) in [5, 5.41) is 2.89. The second-order valence-electron chi connectivity index (χ2n) is 7.39. The van der Waals surface area contributed by atoms with E-state index in [1.807, 2.05) is 12.1 Å². The van der Waals surface area contributed by atoms with Crippen LogP contribution in [0.1, 0.15) is 39.9 Å². The van der Waals surface area contributed by atoms with Gasteiger partial charge in [0.25, 0.3) is 5.91 Å². The average Bonchev–Trinajstić information content (AvgIpc) is 3.14. The van der Waals surface area contributed by atoms with Crippen LogP contribution >= 0.6 is 0 Å². The van der Waals surface area contributed by atoms with Gasteiger partial charge in [0.05, 0.1) is 11.9 Å². The Labute approximate surface area is 167 Å². The summed E-state index contributed by atoms with van der Waals surface area (Å²) < 4.78 is 25.4. The molecule has 0 atom stereocenters. The number of aryl methyl sites for hydroxylation is 1. The van der Waals surface area contributed by atoms with Crippen molar-refractivity contribution < 1.29 is 13.2 Å². The maximum Gasteiger partial charge on any atom is 0.251 e. The summed E-state index contributed by atoms with van der Waals surface area (Å²) in [6.07, 6.45) is 3.65. The van der Waals surface area contributed by atoms with Crippen molar-refractivity contribution in [3.05, 3.63) is 64.7 Å². The lowest BCUT2D eigenvalue weighted by Crippen LogP contribution is -2.23. The normalized spacial score (nSPS) is 14.8. The first-order chi connectivity index (χ1) is 13.3. The third kappa shape index (κ3) is 5.81. The first kappa shape index (κ1) is 20.4. The molecule has 2 N–H and O–H groups in total. The molecule has 28 heavy (non-hydrogen) atoms. The molecule has 0 bridgehead atoms. The molecular formula is C21H27N3O3S. The van der Waals surface area contributed by atoms with Crippen LogP contribution in [0.5, 0.6) is 0 Å². The molecule has 1 amide bonds. The van der Waals surface area contributed by atoms with Gasteiger partial charge in [0.15, 0.2) is 0 Å². The number of amides is 1. The molecule has 1 fully saturated rings. The maximum atomic E-state index is 12.4. The van der Waals surface area contributed by atoms with Gasteiger partial charge in [-0.2, -0.15) is 0 Å². The topological polar surface area (TPSA) is 78.5 Å². The molecule has 1 heterocycles. The number of benzene rings is 2. The lowest BCUT2D eigenvalue weighted by Gasteiger charge is -2.15. The van der Waals surface area contributed by atoms with Gasteiger partial charge in [-0.15, -0.1) is 0 Å². The highest BCUT2D eigenvalue weighted by molar-refractivity contribution is 7.92. The van der Waals surface area contributed by atoms with E-state index in [1.54, 1.807) is 25.1 Å². The van der Waals surface area contributed by atoms with E-state index < -0.39 is 10.0 Å². The van der Waals surface area contributed by atoms with Gasteiger partial charge < -0.3 is 5.32 Å². The number of likely N-dealkylation sites (tertiary alicyclic amines) is 1. The van der Waals surface area contributed by atoms with Crippen molar-refractivity contribution in [1.29, 1.82) is 0 Å². The Kier molecular flexibility index (Phi) is 6.36. The molecule has 0 radical (unpaired) electrons. The molecule has 0 spiro atoms. The second kappa shape index (κ2) is 8.75. The molecule has 0 unspecified atom stereocenters. The van der Waals surface area contributed by atoms with E-state index >= 15 is 0 Å². The van der Waals surface area contributed by atoms with Crippen molar-refractivity contribution in [1.82, 2.24) is 10.2 Å². The molecule has 7 heteroatoms. The first-order valence-corrected chi connectivity index (χ1v) is 11.4. The summed E-state index contributed by atoms with van der Waals surface area (Å²) in [6.45, 7) is 5.53. The van der Waals surface area contributed by atoms with Crippen LogP contribution in [0, 0.1) is 6.92 Å². The van der Waals surface area contributed by atoms with Crippen molar-refractivity contribution in [2.45, 2.75) is 32.9 Å². The number of sulfonamides is 1. The molecular weight excluding hydrogens is 374 g/mol. The van der Waals surface area contributed by atoms with Crippen molar-refractivity contribution in [3.63, 3.8) is 0 Å². The quantitative estimate of drug-likeness (QED) is 0.748. The van der Waals surface area contributed by atoms with E-state index in [4.69, 9.17) is 0 Å². The van der Waals surface area contributed by atoms with E-state index in [1.165, 1.54) is 31.5 Å². The molecule has 150 valence electrons. The average molecular weight is 402 g/mol. The van der Waals surface area contributed by atoms with E-state index in [9.17, 15) is 13.2 Å². The Morgan fingerprint density at radius 3 is 2.32 bits per heavy atom. The summed E-state index contributed by atoms with van der Waals surface area (Å²) in [6, 6.07) is 13.3. The summed E-state index contributed by atoms with van der Waals surface area (Å²) in [5.74, 6) is -0.238. The van der Waals surface area contributed by atoms with Crippen LogP contribution in [-0.2, 0) is 23.1 Å². The van der Waals surface area contributed by atoms with Gasteiger partial charge in [0, 0.05) is 18.7 Å². The van der Waals surface area contributed by atoms with E-state index in [-0.39, 0.29) is 5.91 Å². The molecule has 0 saturated carbocycles. The molecule has 6 nitrogen and oxygen atoms in total. The highest BCUT2D eigenvalue weighted by Crippen LogP contribution is 2.18. The minimum atomic E-state index is -3.40. The number of carbonyl (C=O) groups is 1. The molecule has 0 aliphatic carbocycles. The molecule has 2 aromatic carbocycles. The number of rotatable bonds is 7. The molecule has 0 aromatic heterocycles. The predicted molar refractivity (Wildman–Crippen MR) is 112 cm³/mol. The van der Waals surface area contributed by atoms with Crippen LogP contribution in [-0.4, -0.2) is 38.6 Å². The summed E-state index contributed by atoms with van der Waals surface area (Å²) >= 11 is 0. The van der Waals surface area contributed by atoms with Crippen LogP contribution in [0.3, 0.4) is 0 Å². The third-order valence-electron chi connectivity index (χ3n) is 4.88. The maximum absolute atomic E-state index is 12.4. The van der Waals surface area contributed by atoms with Crippen molar-refractivity contribution >= 4 is 21.6 Å². The Hall–Kier alpha value is -2.38. The summed E-state index contributed by atoms with van der Waals surface area (Å²) in [4.78, 5) is 14.9. The molecule has 3 rings (SSSR count). The van der Waals surface area contributed by atoms with Crippen LogP contribution < -0.4 is 10.0 Å². The molecule has 1 aliphatic rings. The second-order valence-corrected chi connectivity index (χ2v) is 9.13. The zero-order valence-corrected chi connectivity index (χ0v) is 17.2. The van der Waals surface area contributed by atoms with Gasteiger partial charge in [-0.25, -0.2) is 8.42 Å². The summed E-state index contributed by atoms with van der Waals surface area (Å²) in [5.41, 5.74) is 3.91. The largest absolute Gasteiger partial charge is 0.348 e. The van der Waals surface area contributed by atoms with Crippen LogP contribution in [0.25, 0.3) is 0 Å². The van der Waals surface area contributed by atoms with Gasteiger partial charge in [0.1, 0.15) is 0 Å². The van der Waals surface area contributed by atoms with E-state index in [0.29, 0.717) is 17.8 Å². The van der Waals surface area contributed by atoms with Gasteiger partial charge in [-0.3, -0.25) is 14.4 Å². The first-order valence-electron chi connectivity index (χ1n) is 9.47. The lowest BCUT2D eigenvalue weighted by atomic mass is 10.1. The minimum absolute atomic E-state index is 0.238. The highest BCUT2D eigenvalue weighted by atomic mass is 32.2. The number of nitrogens with one attached hydrogen (secondary N) is 2. The number of anilines is 1.